The molecule has 0 spiro atoms. The summed E-state index contributed by atoms with van der Waals surface area (Å²) in [7, 11) is -2.84. The molecular weight excluding hydrogens is 359 g/mol. The molecule has 0 aliphatic heterocycles. The van der Waals surface area contributed by atoms with Gasteiger partial charge in [0.1, 0.15) is 0 Å². The number of ether oxygens (including phenoxy) is 3. The van der Waals surface area contributed by atoms with Gasteiger partial charge in [-0.3, -0.25) is 0 Å². The van der Waals surface area contributed by atoms with Crippen molar-refractivity contribution in [2.24, 2.45) is 0 Å². The van der Waals surface area contributed by atoms with E-state index in [1.54, 1.807) is 13.8 Å². The summed E-state index contributed by atoms with van der Waals surface area (Å²) in [4.78, 5) is 11.5. The van der Waals surface area contributed by atoms with E-state index in [9.17, 15) is 26.7 Å². The minimum Gasteiger partial charge on any atom is -0.400 e. The van der Waals surface area contributed by atoms with Crippen LogP contribution in [-0.2, 0) is 18.6 Å². The van der Waals surface area contributed by atoms with Crippen molar-refractivity contribution >= 4 is 15.7 Å². The van der Waals surface area contributed by atoms with Crippen molar-refractivity contribution in [3.63, 3.8) is 0 Å². The molecule has 1 aromatic rings. The Morgan fingerprint density at radius 3 is 2.25 bits per heavy atom. The molecule has 1 aromatic carbocycles. The van der Waals surface area contributed by atoms with Crippen LogP contribution in [0.5, 0.6) is 0 Å². The molecule has 1 rings (SSSR count). The predicted octanol–water partition coefficient (Wildman–Crippen LogP) is 2.27. The van der Waals surface area contributed by atoms with E-state index in [4.69, 9.17) is 13.9 Å². The maximum atomic E-state index is 13.6. The molecule has 0 fully saturated rings. The third kappa shape index (κ3) is 5.82. The molecule has 0 aliphatic carbocycles. The van der Waals surface area contributed by atoms with Crippen LogP contribution in [0, 0.1) is 17.5 Å². The fraction of sp³-hybridized carbons (Fsp3) is 0.462. The highest BCUT2D eigenvalue weighted by Crippen LogP contribution is 2.21. The van der Waals surface area contributed by atoms with Crippen LogP contribution in [-0.4, -0.2) is 41.2 Å². The first-order valence-corrected chi connectivity index (χ1v) is 8.09. The average Bonchev–Trinajstić information content (AvgIpc) is 2.50. The minimum absolute atomic E-state index is 0.129. The van der Waals surface area contributed by atoms with Crippen molar-refractivity contribution in [2.75, 3.05) is 13.2 Å². The van der Waals surface area contributed by atoms with E-state index in [0.29, 0.717) is 12.1 Å². The van der Waals surface area contributed by atoms with E-state index >= 15 is 0 Å². The van der Waals surface area contributed by atoms with Gasteiger partial charge in [0, 0.05) is 13.2 Å². The molecule has 24 heavy (non-hydrogen) atoms. The van der Waals surface area contributed by atoms with Gasteiger partial charge in [0.05, 0.1) is 5.56 Å². The predicted molar refractivity (Wildman–Crippen MR) is 73.3 cm³/mol. The zero-order chi connectivity index (χ0) is 18.3. The smallest absolute Gasteiger partial charge is 0.391 e. The summed E-state index contributed by atoms with van der Waals surface area (Å²) in [5.41, 5.74) is -5.20. The number of rotatable bonds is 9. The molecule has 0 saturated carbocycles. The fourth-order valence-electron chi connectivity index (χ4n) is 1.49. The minimum atomic E-state index is -4.04. The largest absolute Gasteiger partial charge is 0.400 e. The van der Waals surface area contributed by atoms with E-state index in [0.717, 1.165) is 0 Å². The first kappa shape index (κ1) is 20.5. The number of halogens is 5. The molecule has 0 bridgehead atoms. The lowest BCUT2D eigenvalue weighted by Crippen LogP contribution is -2.37. The van der Waals surface area contributed by atoms with Crippen molar-refractivity contribution in [3.8, 4) is 0 Å². The Kier molecular flexibility index (Phi) is 7.73. The first-order chi connectivity index (χ1) is 11.2. The molecule has 0 unspecified atom stereocenters. The molecule has 0 N–H and O–H groups in total. The number of benzene rings is 1. The van der Waals surface area contributed by atoms with E-state index in [1.807, 2.05) is 0 Å². The highest BCUT2D eigenvalue weighted by Gasteiger charge is 2.38. The number of alkyl halides is 2. The summed E-state index contributed by atoms with van der Waals surface area (Å²) in [6.07, 6.45) is 0. The lowest BCUT2D eigenvalue weighted by atomic mass is 10.2. The first-order valence-electron chi connectivity index (χ1n) is 6.81. The molecule has 5 nitrogen and oxygen atoms in total. The molecule has 0 aliphatic rings. The van der Waals surface area contributed by atoms with Gasteiger partial charge in [0.2, 0.25) is 0 Å². The number of carbonyl (C=O) groups is 1. The van der Waals surface area contributed by atoms with Crippen LogP contribution in [0.1, 0.15) is 24.2 Å². The Morgan fingerprint density at radius 2 is 1.71 bits per heavy atom. The molecule has 0 heterocycles. The normalized spacial score (nSPS) is 12.3. The maximum absolute atomic E-state index is 13.6. The Labute approximate surface area is 136 Å². The standard InChI is InChI=1S/C13H15F5O5Si/c1-3-20-12(21-4-2)23-24-13(17,18)22-11(19)7-5-6-8(14)10(16)9(7)15/h5-6,12H,3-4,24H2,1-2H3. The molecule has 11 heteroatoms. The Balaban J connectivity index is 2.72. The van der Waals surface area contributed by atoms with Crippen LogP contribution < -0.4 is 0 Å². The molecule has 0 atom stereocenters. The molecule has 0 amide bonds. The van der Waals surface area contributed by atoms with Crippen molar-refractivity contribution in [3.05, 3.63) is 35.1 Å². The van der Waals surface area contributed by atoms with E-state index < -0.39 is 51.0 Å². The van der Waals surface area contributed by atoms with Crippen LogP contribution >= 0.6 is 0 Å². The summed E-state index contributed by atoms with van der Waals surface area (Å²) in [6, 6.07) is 0.916. The third-order valence-electron chi connectivity index (χ3n) is 2.49. The van der Waals surface area contributed by atoms with Gasteiger partial charge >= 0.3 is 21.5 Å². The lowest BCUT2D eigenvalue weighted by molar-refractivity contribution is -0.253. The van der Waals surface area contributed by atoms with E-state index in [2.05, 4.69) is 4.74 Å². The van der Waals surface area contributed by atoms with Gasteiger partial charge in [-0.25, -0.2) is 18.0 Å². The van der Waals surface area contributed by atoms with E-state index in [-0.39, 0.29) is 13.2 Å². The maximum Gasteiger partial charge on any atom is 0.391 e. The van der Waals surface area contributed by atoms with Crippen LogP contribution in [0.2, 0.25) is 0 Å². The van der Waals surface area contributed by atoms with Gasteiger partial charge in [-0.1, -0.05) is 0 Å². The van der Waals surface area contributed by atoms with Crippen molar-refractivity contribution in [1.82, 2.24) is 0 Å². The number of esters is 1. The van der Waals surface area contributed by atoms with Gasteiger partial charge in [-0.2, -0.15) is 8.78 Å². The summed E-state index contributed by atoms with van der Waals surface area (Å²) in [5.74, 6) is -7.30. The Morgan fingerprint density at radius 1 is 1.12 bits per heavy atom. The zero-order valence-corrected chi connectivity index (χ0v) is 14.2. The SMILES string of the molecule is CCOC(OCC)O[SiH2]C(F)(F)OC(=O)c1ccc(F)c(F)c1F. The average molecular weight is 374 g/mol. The number of hydrogen-bond acceptors (Lipinski definition) is 5. The van der Waals surface area contributed by atoms with Gasteiger partial charge in [0.15, 0.2) is 17.5 Å². The second-order valence-corrected chi connectivity index (χ2v) is 5.71. The van der Waals surface area contributed by atoms with Gasteiger partial charge < -0.3 is 18.6 Å². The van der Waals surface area contributed by atoms with Gasteiger partial charge in [-0.05, 0) is 26.0 Å². The number of hydrogen-bond donors (Lipinski definition) is 0. The van der Waals surface area contributed by atoms with Crippen LogP contribution in [0.15, 0.2) is 12.1 Å². The van der Waals surface area contributed by atoms with Crippen LogP contribution in [0.4, 0.5) is 22.0 Å². The zero-order valence-electron chi connectivity index (χ0n) is 12.8. The fourth-order valence-corrected chi connectivity index (χ4v) is 2.20. The summed E-state index contributed by atoms with van der Waals surface area (Å²) in [5, 5.41) is 0. The van der Waals surface area contributed by atoms with Crippen molar-refractivity contribution < 1.29 is 45.4 Å². The highest BCUT2D eigenvalue weighted by molar-refractivity contribution is 6.30. The topological polar surface area (TPSA) is 54.0 Å². The number of carbonyl (C=O) groups excluding carboxylic acids is 1. The van der Waals surface area contributed by atoms with Crippen molar-refractivity contribution in [2.45, 2.75) is 26.1 Å². The van der Waals surface area contributed by atoms with Gasteiger partial charge in [-0.15, -0.1) is 0 Å². The Hall–Kier alpha value is -1.56. The summed E-state index contributed by atoms with van der Waals surface area (Å²) in [6.45, 7) is 2.08. The van der Waals surface area contributed by atoms with Crippen LogP contribution in [0.25, 0.3) is 0 Å². The lowest BCUT2D eigenvalue weighted by Gasteiger charge is -2.21. The highest BCUT2D eigenvalue weighted by atomic mass is 28.2. The molecule has 0 aromatic heterocycles. The monoisotopic (exact) mass is 374 g/mol. The van der Waals surface area contributed by atoms with Gasteiger partial charge in [0.25, 0.3) is 6.48 Å². The second-order valence-electron chi connectivity index (χ2n) is 4.26. The van der Waals surface area contributed by atoms with Crippen LogP contribution in [0.3, 0.4) is 0 Å². The quantitative estimate of drug-likeness (QED) is 0.218. The van der Waals surface area contributed by atoms with Crippen molar-refractivity contribution in [1.29, 1.82) is 0 Å². The van der Waals surface area contributed by atoms with E-state index in [1.165, 1.54) is 0 Å². The molecular formula is C13H15F5O5Si. The molecule has 136 valence electrons. The molecule has 0 saturated heterocycles. The summed E-state index contributed by atoms with van der Waals surface area (Å²) >= 11 is 0. The third-order valence-corrected chi connectivity index (χ3v) is 3.41. The second kappa shape index (κ2) is 9.06. The summed E-state index contributed by atoms with van der Waals surface area (Å²) < 4.78 is 84.7. The molecule has 0 radical (unpaired) electrons. The Bertz CT molecular complexity index is 566.